The summed E-state index contributed by atoms with van der Waals surface area (Å²) in [4.78, 5) is 41.8. The van der Waals surface area contributed by atoms with Crippen molar-refractivity contribution in [1.82, 2.24) is 18.7 Å². The minimum atomic E-state index is -2.85. The first-order valence-corrected chi connectivity index (χ1v) is 10.1. The number of carbonyl (C=O) groups excluding carboxylic acids is 1. The molecule has 0 fully saturated rings. The highest BCUT2D eigenvalue weighted by Gasteiger charge is 2.24. The molecule has 30 heavy (non-hydrogen) atoms. The molecule has 0 saturated carbocycles. The van der Waals surface area contributed by atoms with Gasteiger partial charge < -0.3 is 5.73 Å². The van der Waals surface area contributed by atoms with Crippen LogP contribution >= 0.6 is 11.8 Å². The summed E-state index contributed by atoms with van der Waals surface area (Å²) in [5, 5.41) is -0.0505. The van der Waals surface area contributed by atoms with E-state index < -0.39 is 23.6 Å². The molecule has 0 aliphatic rings. The third-order valence-corrected chi connectivity index (χ3v) is 5.45. The van der Waals surface area contributed by atoms with Crippen LogP contribution in [0.4, 0.5) is 14.6 Å². The van der Waals surface area contributed by atoms with Gasteiger partial charge in [-0.05, 0) is 18.1 Å². The molecule has 8 nitrogen and oxygen atoms in total. The predicted octanol–water partition coefficient (Wildman–Crippen LogP) is 2.51. The van der Waals surface area contributed by atoms with Crippen LogP contribution < -0.4 is 17.0 Å². The van der Waals surface area contributed by atoms with E-state index >= 15 is 0 Å². The second-order valence-electron chi connectivity index (χ2n) is 7.15. The van der Waals surface area contributed by atoms with Gasteiger partial charge >= 0.3 is 12.2 Å². The van der Waals surface area contributed by atoms with Crippen LogP contribution in [-0.4, -0.2) is 30.2 Å². The highest BCUT2D eigenvalue weighted by Crippen LogP contribution is 2.29. The van der Waals surface area contributed by atoms with Crippen LogP contribution in [0, 0.1) is 5.92 Å². The number of halogens is 2. The number of para-hydroxylation sites is 2. The lowest BCUT2D eigenvalue weighted by Gasteiger charge is -2.16. The van der Waals surface area contributed by atoms with Crippen LogP contribution in [0.2, 0.25) is 0 Å². The molecule has 3 rings (SSSR count). The Morgan fingerprint density at radius 2 is 1.90 bits per heavy atom. The van der Waals surface area contributed by atoms with Gasteiger partial charge in [-0.3, -0.25) is 23.3 Å². The lowest BCUT2D eigenvalue weighted by Crippen LogP contribution is -2.43. The van der Waals surface area contributed by atoms with Crippen molar-refractivity contribution in [3.63, 3.8) is 0 Å². The SMILES string of the molecule is CC(C)Cn1c(N)c(C(=O)CSc2nc3ccccc3n2C(F)F)c(=O)n(C)c1=O. The van der Waals surface area contributed by atoms with E-state index in [9.17, 15) is 23.2 Å². The molecule has 1 aromatic carbocycles. The maximum atomic E-state index is 13.6. The summed E-state index contributed by atoms with van der Waals surface area (Å²) in [6.45, 7) is 1.11. The topological polar surface area (TPSA) is 105 Å². The van der Waals surface area contributed by atoms with Gasteiger partial charge in [0.2, 0.25) is 0 Å². The molecular weight excluding hydrogens is 416 g/mol. The van der Waals surface area contributed by atoms with Crippen molar-refractivity contribution in [2.75, 3.05) is 11.5 Å². The Morgan fingerprint density at radius 3 is 2.53 bits per heavy atom. The average molecular weight is 437 g/mol. The van der Waals surface area contributed by atoms with E-state index in [1.54, 1.807) is 18.2 Å². The van der Waals surface area contributed by atoms with Crippen molar-refractivity contribution >= 4 is 34.4 Å². The van der Waals surface area contributed by atoms with E-state index in [1.165, 1.54) is 17.7 Å². The van der Waals surface area contributed by atoms with Gasteiger partial charge in [0, 0.05) is 13.6 Å². The largest absolute Gasteiger partial charge is 0.384 e. The minimum Gasteiger partial charge on any atom is -0.384 e. The average Bonchev–Trinajstić information content (AvgIpc) is 3.06. The number of nitrogens with zero attached hydrogens (tertiary/aromatic N) is 4. The zero-order valence-electron chi connectivity index (χ0n) is 16.6. The highest BCUT2D eigenvalue weighted by molar-refractivity contribution is 7.99. The van der Waals surface area contributed by atoms with Gasteiger partial charge in [-0.25, -0.2) is 9.78 Å². The van der Waals surface area contributed by atoms with E-state index in [1.807, 2.05) is 13.8 Å². The van der Waals surface area contributed by atoms with Gasteiger partial charge in [-0.2, -0.15) is 8.78 Å². The molecule has 0 unspecified atom stereocenters. The van der Waals surface area contributed by atoms with Crippen LogP contribution in [0.3, 0.4) is 0 Å². The fourth-order valence-corrected chi connectivity index (χ4v) is 3.99. The van der Waals surface area contributed by atoms with Crippen LogP contribution in [0.1, 0.15) is 30.8 Å². The van der Waals surface area contributed by atoms with Gasteiger partial charge in [0.25, 0.3) is 5.56 Å². The van der Waals surface area contributed by atoms with Crippen molar-refractivity contribution in [3.05, 3.63) is 50.7 Å². The first kappa shape index (κ1) is 21.8. The van der Waals surface area contributed by atoms with Crippen LogP contribution in [0.15, 0.2) is 39.0 Å². The van der Waals surface area contributed by atoms with E-state index in [-0.39, 0.29) is 40.3 Å². The molecular formula is C19H21F2N5O3S. The van der Waals surface area contributed by atoms with Gasteiger partial charge in [0.15, 0.2) is 10.9 Å². The molecule has 2 aromatic heterocycles. The quantitative estimate of drug-likeness (QED) is 0.450. The third-order valence-electron chi connectivity index (χ3n) is 4.50. The molecule has 0 amide bonds. The molecule has 0 aliphatic carbocycles. The Morgan fingerprint density at radius 1 is 1.23 bits per heavy atom. The number of ketones is 1. The second kappa shape index (κ2) is 8.42. The summed E-state index contributed by atoms with van der Waals surface area (Å²) < 4.78 is 29.8. The van der Waals surface area contributed by atoms with Gasteiger partial charge in [-0.15, -0.1) is 0 Å². The van der Waals surface area contributed by atoms with Gasteiger partial charge in [0.1, 0.15) is 11.4 Å². The van der Waals surface area contributed by atoms with E-state index in [0.717, 1.165) is 20.9 Å². The highest BCUT2D eigenvalue weighted by atomic mass is 32.2. The van der Waals surface area contributed by atoms with Crippen molar-refractivity contribution in [1.29, 1.82) is 0 Å². The number of hydrogen-bond donors (Lipinski definition) is 1. The molecule has 2 N–H and O–H groups in total. The normalized spacial score (nSPS) is 11.7. The summed E-state index contributed by atoms with van der Waals surface area (Å²) in [5.41, 5.74) is 4.84. The van der Waals surface area contributed by atoms with Crippen LogP contribution in [-0.2, 0) is 13.6 Å². The number of alkyl halides is 2. The van der Waals surface area contributed by atoms with Gasteiger partial charge in [0.05, 0.1) is 16.8 Å². The maximum absolute atomic E-state index is 13.6. The lowest BCUT2D eigenvalue weighted by molar-refractivity contribution is 0.0656. The Bertz CT molecular complexity index is 1230. The zero-order chi connectivity index (χ0) is 22.2. The Kier molecular flexibility index (Phi) is 6.11. The Balaban J connectivity index is 1.97. The standard InChI is InChI=1S/C19H21F2N5O3S/c1-10(2)8-25-15(22)14(16(28)24(3)19(25)29)13(27)9-30-18-23-11-6-4-5-7-12(11)26(18)17(20)21/h4-7,10,17H,8-9,22H2,1-3H3. The van der Waals surface area contributed by atoms with E-state index in [0.29, 0.717) is 5.52 Å². The molecule has 0 bridgehead atoms. The van der Waals surface area contributed by atoms with Gasteiger partial charge in [-0.1, -0.05) is 37.7 Å². The van der Waals surface area contributed by atoms with Crippen LogP contribution in [0.5, 0.6) is 0 Å². The fourth-order valence-electron chi connectivity index (χ4n) is 3.10. The maximum Gasteiger partial charge on any atom is 0.332 e. The molecule has 3 aromatic rings. The summed E-state index contributed by atoms with van der Waals surface area (Å²) in [6, 6.07) is 6.39. The number of rotatable bonds is 7. The monoisotopic (exact) mass is 437 g/mol. The van der Waals surface area contributed by atoms with Crippen molar-refractivity contribution in [3.8, 4) is 0 Å². The predicted molar refractivity (Wildman–Crippen MR) is 111 cm³/mol. The summed E-state index contributed by atoms with van der Waals surface area (Å²) in [6.07, 6.45) is 0. The molecule has 0 atom stereocenters. The fraction of sp³-hybridized carbons (Fsp3) is 0.368. The zero-order valence-corrected chi connectivity index (χ0v) is 17.4. The molecule has 160 valence electrons. The number of fused-ring (bicyclic) bond motifs is 1. The number of benzene rings is 1. The van der Waals surface area contributed by atoms with Crippen molar-refractivity contribution in [2.45, 2.75) is 32.1 Å². The number of anilines is 1. The number of hydrogen-bond acceptors (Lipinski definition) is 6. The number of carbonyl (C=O) groups is 1. The first-order valence-electron chi connectivity index (χ1n) is 9.13. The molecule has 11 heteroatoms. The van der Waals surface area contributed by atoms with E-state index in [4.69, 9.17) is 5.73 Å². The number of thioether (sulfide) groups is 1. The second-order valence-corrected chi connectivity index (χ2v) is 8.10. The van der Waals surface area contributed by atoms with Crippen LogP contribution in [0.25, 0.3) is 11.0 Å². The number of nitrogens with two attached hydrogens (primary N) is 1. The Labute approximate surface area is 174 Å². The molecule has 0 spiro atoms. The van der Waals surface area contributed by atoms with E-state index in [2.05, 4.69) is 4.98 Å². The third kappa shape index (κ3) is 3.89. The number of imidazole rings is 1. The van der Waals surface area contributed by atoms with Crippen molar-refractivity contribution in [2.24, 2.45) is 13.0 Å². The summed E-state index contributed by atoms with van der Waals surface area (Å²) >= 11 is 0.783. The first-order chi connectivity index (χ1) is 14.1. The number of Topliss-reactive ketones (excluding diaryl/α,β-unsaturated/α-hetero) is 1. The molecule has 0 aliphatic heterocycles. The summed E-state index contributed by atoms with van der Waals surface area (Å²) in [7, 11) is 1.26. The molecule has 2 heterocycles. The number of aromatic nitrogens is 4. The number of nitrogen functional groups attached to an aromatic ring is 1. The smallest absolute Gasteiger partial charge is 0.332 e. The molecule has 0 saturated heterocycles. The summed E-state index contributed by atoms with van der Waals surface area (Å²) in [5.74, 6) is -1.17. The van der Waals surface area contributed by atoms with Crippen molar-refractivity contribution < 1.29 is 13.6 Å². The molecule has 0 radical (unpaired) electrons. The lowest BCUT2D eigenvalue weighted by atomic mass is 10.2. The Hall–Kier alpha value is -2.95. The minimum absolute atomic E-state index is 0.0470.